The first-order chi connectivity index (χ1) is 19.7. The minimum atomic E-state index is -0.296. The molecule has 0 spiro atoms. The Morgan fingerprint density at radius 1 is 0.900 bits per heavy atom. The van der Waals surface area contributed by atoms with Crippen LogP contribution in [-0.4, -0.2) is 26.2 Å². The topological polar surface area (TPSA) is 69.4 Å². The Morgan fingerprint density at radius 3 is 2.30 bits per heavy atom. The van der Waals surface area contributed by atoms with Crippen molar-refractivity contribution >= 4 is 38.5 Å². The van der Waals surface area contributed by atoms with E-state index in [2.05, 4.69) is 45.1 Å². The lowest BCUT2D eigenvalue weighted by Crippen LogP contribution is -2.09. The molecule has 0 unspecified atom stereocenters. The first-order valence-corrected chi connectivity index (χ1v) is 15.5. The molecular weight excluding hydrogens is 564 g/mol. The number of pyridine rings is 1. The number of fused-ring (bicyclic) bond motifs is 5. The van der Waals surface area contributed by atoms with E-state index in [0.717, 1.165) is 50.5 Å². The van der Waals surface area contributed by atoms with Crippen LogP contribution in [0.3, 0.4) is 0 Å². The van der Waals surface area contributed by atoms with Gasteiger partial charge in [0.05, 0.1) is 11.1 Å². The van der Waals surface area contributed by atoms with E-state index in [1.165, 1.54) is 57.8 Å². The number of halogens is 1. The van der Waals surface area contributed by atoms with Crippen LogP contribution in [0, 0.1) is 0 Å². The molecule has 7 heteroatoms. The highest BCUT2D eigenvalue weighted by molar-refractivity contribution is 9.10. The number of hydrogen-bond donors (Lipinski definition) is 0. The zero-order valence-corrected chi connectivity index (χ0v) is 24.8. The molecule has 208 valence electrons. The van der Waals surface area contributed by atoms with Gasteiger partial charge in [0.2, 0.25) is 0 Å². The van der Waals surface area contributed by atoms with Crippen molar-refractivity contribution in [2.75, 3.05) is 0 Å². The van der Waals surface area contributed by atoms with Crippen molar-refractivity contribution in [3.05, 3.63) is 76.8 Å². The Hall–Kier alpha value is -3.32. The van der Waals surface area contributed by atoms with Crippen LogP contribution < -0.4 is 0 Å². The zero-order valence-electron chi connectivity index (χ0n) is 23.2. The molecule has 2 heterocycles. The third-order valence-electron chi connectivity index (χ3n) is 7.59. The fraction of sp³-hybridized carbons (Fsp3) is 0.394. The summed E-state index contributed by atoms with van der Waals surface area (Å²) >= 11 is 3.62. The van der Waals surface area contributed by atoms with E-state index >= 15 is 0 Å². The molecule has 0 amide bonds. The van der Waals surface area contributed by atoms with E-state index in [4.69, 9.17) is 9.82 Å². The van der Waals surface area contributed by atoms with Gasteiger partial charge < -0.3 is 4.84 Å². The number of carbonyl (C=O) groups excluding carboxylic acids is 1. The van der Waals surface area contributed by atoms with Gasteiger partial charge >= 0.3 is 5.97 Å². The lowest BCUT2D eigenvalue weighted by Gasteiger charge is -2.13. The van der Waals surface area contributed by atoms with Gasteiger partial charge in [-0.25, -0.2) is 14.8 Å². The zero-order chi connectivity index (χ0) is 27.7. The summed E-state index contributed by atoms with van der Waals surface area (Å²) in [5.74, 6) is 0.411. The molecule has 0 fully saturated rings. The van der Waals surface area contributed by atoms with Crippen molar-refractivity contribution in [3.63, 3.8) is 0 Å². The summed E-state index contributed by atoms with van der Waals surface area (Å²) in [5.41, 5.74) is 5.34. The van der Waals surface area contributed by atoms with Gasteiger partial charge in [-0.2, -0.15) is 0 Å². The number of imidazole rings is 1. The Morgan fingerprint density at radius 2 is 1.60 bits per heavy atom. The number of benzene rings is 2. The van der Waals surface area contributed by atoms with Gasteiger partial charge in [0.15, 0.2) is 0 Å². The maximum atomic E-state index is 12.7. The van der Waals surface area contributed by atoms with Gasteiger partial charge in [-0.3, -0.25) is 4.57 Å². The molecule has 40 heavy (non-hydrogen) atoms. The molecule has 0 atom stereocenters. The predicted molar refractivity (Wildman–Crippen MR) is 165 cm³/mol. The van der Waals surface area contributed by atoms with Crippen LogP contribution in [0.15, 0.2) is 70.8 Å². The van der Waals surface area contributed by atoms with E-state index in [1.807, 2.05) is 41.1 Å². The largest absolute Gasteiger partial charge is 0.335 e. The first-order valence-electron chi connectivity index (χ1n) is 14.7. The van der Waals surface area contributed by atoms with Crippen LogP contribution in [-0.2, 0) is 9.63 Å². The smallest absolute Gasteiger partial charge is 0.318 e. The summed E-state index contributed by atoms with van der Waals surface area (Å²) in [7, 11) is 0. The van der Waals surface area contributed by atoms with E-state index in [1.54, 1.807) is 12.5 Å². The second-order valence-electron chi connectivity index (χ2n) is 10.6. The van der Waals surface area contributed by atoms with Crippen LogP contribution in [0.4, 0.5) is 0 Å². The Labute approximate surface area is 245 Å². The number of rotatable bonds is 14. The number of oxime groups is 1. The highest BCUT2D eigenvalue weighted by atomic mass is 79.9. The molecule has 2 aromatic carbocycles. The summed E-state index contributed by atoms with van der Waals surface area (Å²) in [5, 5.41) is 5.47. The van der Waals surface area contributed by atoms with Gasteiger partial charge in [-0.1, -0.05) is 116 Å². The average Bonchev–Trinajstić information content (AvgIpc) is 3.62. The van der Waals surface area contributed by atoms with Crippen molar-refractivity contribution < 1.29 is 9.63 Å². The van der Waals surface area contributed by atoms with Crippen LogP contribution in [0.25, 0.3) is 27.8 Å². The van der Waals surface area contributed by atoms with Crippen molar-refractivity contribution in [2.45, 2.75) is 84.0 Å². The number of nitrogens with zero attached hydrogens (tertiary/aromatic N) is 4. The quantitative estimate of drug-likeness (QED) is 0.0723. The molecule has 1 aliphatic carbocycles. The number of carbonyl (C=O) groups is 1. The first kappa shape index (κ1) is 28.2. The molecule has 4 aromatic rings. The molecule has 0 aliphatic heterocycles. The van der Waals surface area contributed by atoms with E-state index < -0.39 is 0 Å². The Kier molecular flexibility index (Phi) is 9.76. The van der Waals surface area contributed by atoms with Crippen molar-refractivity contribution in [3.8, 4) is 16.9 Å². The summed E-state index contributed by atoms with van der Waals surface area (Å²) in [6.45, 7) is 2.26. The Bertz CT molecular complexity index is 1480. The molecule has 5 rings (SSSR count). The molecular formula is C33H37BrN4O2. The molecule has 0 N–H and O–H groups in total. The molecule has 0 saturated heterocycles. The highest BCUT2D eigenvalue weighted by Crippen LogP contribution is 2.44. The maximum Gasteiger partial charge on any atom is 0.335 e. The molecule has 6 nitrogen and oxygen atoms in total. The van der Waals surface area contributed by atoms with E-state index in [-0.39, 0.29) is 5.97 Å². The summed E-state index contributed by atoms with van der Waals surface area (Å²) in [6, 6.07) is 14.2. The average molecular weight is 602 g/mol. The predicted octanol–water partition coefficient (Wildman–Crippen LogP) is 9.16. The van der Waals surface area contributed by atoms with Crippen LogP contribution in [0.1, 0.15) is 95.1 Å². The SMILES string of the molecule is CCCCCCCCCCCCCC(=O)O/N=C1\c2ccccc2-c2c1c(-n1ccnc1)nc1ccc(Br)cc21. The van der Waals surface area contributed by atoms with Crippen molar-refractivity contribution in [1.29, 1.82) is 0 Å². The number of hydrogen-bond acceptors (Lipinski definition) is 5. The van der Waals surface area contributed by atoms with Crippen molar-refractivity contribution in [2.24, 2.45) is 5.16 Å². The molecule has 2 aromatic heterocycles. The molecule has 0 radical (unpaired) electrons. The number of aromatic nitrogens is 3. The van der Waals surface area contributed by atoms with Crippen LogP contribution in [0.2, 0.25) is 0 Å². The second-order valence-corrected chi connectivity index (χ2v) is 11.5. The molecule has 0 saturated carbocycles. The monoisotopic (exact) mass is 600 g/mol. The van der Waals surface area contributed by atoms with Gasteiger partial charge in [-0.05, 0) is 30.2 Å². The van der Waals surface area contributed by atoms with Crippen LogP contribution in [0.5, 0.6) is 0 Å². The standard InChI is InChI=1S/C33H37BrN4O2/c1-2-3-4-5-6-7-8-9-10-11-12-17-29(39)40-37-32-26-16-14-13-15-25(26)30-27-22-24(34)18-19-28(27)36-33(31(30)32)38-21-20-35-23-38/h13-16,18-23H,2-12,17H2,1H3/b37-32+. The molecule has 0 bridgehead atoms. The fourth-order valence-corrected chi connectivity index (χ4v) is 5.87. The van der Waals surface area contributed by atoms with Gasteiger partial charge in [0, 0.05) is 39.8 Å². The van der Waals surface area contributed by atoms with E-state index in [0.29, 0.717) is 18.0 Å². The Balaban J connectivity index is 1.28. The summed E-state index contributed by atoms with van der Waals surface area (Å²) in [4.78, 5) is 27.4. The van der Waals surface area contributed by atoms with Gasteiger partial charge in [-0.15, -0.1) is 0 Å². The van der Waals surface area contributed by atoms with Crippen LogP contribution >= 0.6 is 15.9 Å². The third kappa shape index (κ3) is 6.52. The number of unbranched alkanes of at least 4 members (excludes halogenated alkanes) is 10. The minimum absolute atomic E-state index is 0.296. The third-order valence-corrected chi connectivity index (χ3v) is 8.08. The fourth-order valence-electron chi connectivity index (χ4n) is 5.51. The lowest BCUT2D eigenvalue weighted by atomic mass is 10.0. The van der Waals surface area contributed by atoms with E-state index in [9.17, 15) is 4.79 Å². The maximum absolute atomic E-state index is 12.7. The highest BCUT2D eigenvalue weighted by Gasteiger charge is 2.32. The van der Waals surface area contributed by atoms with Gasteiger partial charge in [0.1, 0.15) is 17.9 Å². The van der Waals surface area contributed by atoms with Crippen molar-refractivity contribution in [1.82, 2.24) is 14.5 Å². The normalized spacial score (nSPS) is 13.1. The lowest BCUT2D eigenvalue weighted by molar-refractivity contribution is -0.143. The summed E-state index contributed by atoms with van der Waals surface area (Å²) < 4.78 is 2.86. The summed E-state index contributed by atoms with van der Waals surface area (Å²) in [6.07, 6.45) is 19.3. The second kappa shape index (κ2) is 13.8. The van der Waals surface area contributed by atoms with Gasteiger partial charge in [0.25, 0.3) is 0 Å². The minimum Gasteiger partial charge on any atom is -0.318 e. The molecule has 1 aliphatic rings.